The molecular formula is C30H34N8O4. The van der Waals surface area contributed by atoms with Gasteiger partial charge in [0, 0.05) is 50.0 Å². The minimum absolute atomic E-state index is 0.0231. The number of anilines is 2. The van der Waals surface area contributed by atoms with Crippen LogP contribution < -0.4 is 20.3 Å². The number of benzene rings is 2. The zero-order valence-electron chi connectivity index (χ0n) is 23.7. The number of morpholine rings is 1. The van der Waals surface area contributed by atoms with Gasteiger partial charge in [-0.15, -0.1) is 0 Å². The summed E-state index contributed by atoms with van der Waals surface area (Å²) in [6.07, 6.45) is 3.39. The van der Waals surface area contributed by atoms with Gasteiger partial charge >= 0.3 is 6.03 Å². The molecule has 0 radical (unpaired) electrons. The van der Waals surface area contributed by atoms with Crippen LogP contribution in [0, 0.1) is 0 Å². The number of fused-ring (bicyclic) bond motifs is 1. The normalized spacial score (nSPS) is 16.0. The molecule has 2 N–H and O–H groups in total. The zero-order valence-corrected chi connectivity index (χ0v) is 23.7. The highest BCUT2D eigenvalue weighted by molar-refractivity contribution is 5.94. The van der Waals surface area contributed by atoms with E-state index in [2.05, 4.69) is 15.5 Å². The van der Waals surface area contributed by atoms with Gasteiger partial charge < -0.3 is 29.9 Å². The predicted molar refractivity (Wildman–Crippen MR) is 159 cm³/mol. The minimum Gasteiger partial charge on any atom is -0.497 e. The summed E-state index contributed by atoms with van der Waals surface area (Å²) in [5, 5.41) is 11.0. The van der Waals surface area contributed by atoms with E-state index in [1.165, 1.54) is 0 Å². The molecule has 2 aliphatic rings. The van der Waals surface area contributed by atoms with Crippen molar-refractivity contribution in [1.29, 1.82) is 0 Å². The summed E-state index contributed by atoms with van der Waals surface area (Å²) in [5.41, 5.74) is 2.94. The van der Waals surface area contributed by atoms with Gasteiger partial charge in [-0.1, -0.05) is 0 Å². The molecule has 2 aromatic heterocycles. The van der Waals surface area contributed by atoms with Crippen molar-refractivity contribution in [3.63, 3.8) is 0 Å². The molecule has 12 heteroatoms. The number of carbonyl (C=O) groups is 2. The summed E-state index contributed by atoms with van der Waals surface area (Å²) >= 11 is 0. The largest absolute Gasteiger partial charge is 0.497 e. The van der Waals surface area contributed by atoms with Crippen molar-refractivity contribution >= 4 is 34.5 Å². The van der Waals surface area contributed by atoms with Crippen molar-refractivity contribution in [2.24, 2.45) is 0 Å². The van der Waals surface area contributed by atoms with Gasteiger partial charge in [0.25, 0.3) is 5.91 Å². The Morgan fingerprint density at radius 2 is 1.67 bits per heavy atom. The number of aromatic nitrogens is 4. The van der Waals surface area contributed by atoms with Crippen LogP contribution in [0.5, 0.6) is 5.75 Å². The summed E-state index contributed by atoms with van der Waals surface area (Å²) in [5.74, 6) is 2.17. The number of hydrogen-bond acceptors (Lipinski definition) is 8. The third-order valence-corrected chi connectivity index (χ3v) is 7.81. The number of likely N-dealkylation sites (tertiary alicyclic amines) is 1. The molecule has 2 aliphatic heterocycles. The molecule has 12 nitrogen and oxygen atoms in total. The standard InChI is InChI=1S/C30H34N8O4/c1-31-30(40)33-22-7-3-20(4-8-22)26-34-27(36-15-17-42-18-16-36)25-19-32-38(28(25)35-26)23-11-13-37(14-12-23)29(39)21-5-9-24(41-2)10-6-21/h3-10,19,23H,11-18H2,1-2H3,(H2,31,33,40). The molecule has 2 saturated heterocycles. The number of nitrogens with one attached hydrogen (secondary N) is 2. The Morgan fingerprint density at radius 1 is 0.952 bits per heavy atom. The van der Waals surface area contributed by atoms with Crippen molar-refractivity contribution < 1.29 is 19.1 Å². The van der Waals surface area contributed by atoms with Crippen molar-refractivity contribution in [3.05, 3.63) is 60.3 Å². The smallest absolute Gasteiger partial charge is 0.318 e. The monoisotopic (exact) mass is 570 g/mol. The average molecular weight is 571 g/mol. The maximum absolute atomic E-state index is 13.1. The van der Waals surface area contributed by atoms with Gasteiger partial charge in [-0.05, 0) is 61.4 Å². The van der Waals surface area contributed by atoms with Gasteiger partial charge in [-0.25, -0.2) is 19.4 Å². The van der Waals surface area contributed by atoms with Crippen molar-refractivity contribution in [3.8, 4) is 17.1 Å². The first kappa shape index (κ1) is 27.5. The van der Waals surface area contributed by atoms with Crippen LogP contribution in [0.25, 0.3) is 22.4 Å². The van der Waals surface area contributed by atoms with Crippen molar-refractivity contribution in [2.75, 3.05) is 63.8 Å². The van der Waals surface area contributed by atoms with Gasteiger partial charge in [-0.3, -0.25) is 4.79 Å². The van der Waals surface area contributed by atoms with E-state index in [9.17, 15) is 9.59 Å². The lowest BCUT2D eigenvalue weighted by Crippen LogP contribution is -2.39. The van der Waals surface area contributed by atoms with E-state index in [0.29, 0.717) is 43.4 Å². The lowest BCUT2D eigenvalue weighted by atomic mass is 10.0. The van der Waals surface area contributed by atoms with Crippen LogP contribution in [0.4, 0.5) is 16.3 Å². The van der Waals surface area contributed by atoms with Gasteiger partial charge in [0.2, 0.25) is 0 Å². The number of carbonyl (C=O) groups excluding carboxylic acids is 2. The van der Waals surface area contributed by atoms with Gasteiger partial charge in [0.15, 0.2) is 11.5 Å². The topological polar surface area (TPSA) is 127 Å². The van der Waals surface area contributed by atoms with E-state index in [-0.39, 0.29) is 18.0 Å². The third kappa shape index (κ3) is 5.57. The molecule has 0 aliphatic carbocycles. The van der Waals surface area contributed by atoms with Crippen molar-refractivity contribution in [2.45, 2.75) is 18.9 Å². The van der Waals surface area contributed by atoms with Crippen LogP contribution in [0.15, 0.2) is 54.7 Å². The Hall–Kier alpha value is -4.71. The van der Waals surface area contributed by atoms with Crippen LogP contribution in [0.3, 0.4) is 0 Å². The second-order valence-electron chi connectivity index (χ2n) is 10.3. The first-order valence-electron chi connectivity index (χ1n) is 14.1. The molecule has 6 rings (SSSR count). The fourth-order valence-corrected chi connectivity index (χ4v) is 5.45. The number of amides is 3. The number of urea groups is 1. The molecular weight excluding hydrogens is 536 g/mol. The maximum atomic E-state index is 13.1. The first-order chi connectivity index (χ1) is 20.5. The lowest BCUT2D eigenvalue weighted by Gasteiger charge is -2.32. The molecule has 0 atom stereocenters. The molecule has 4 aromatic rings. The summed E-state index contributed by atoms with van der Waals surface area (Å²) in [7, 11) is 3.19. The predicted octanol–water partition coefficient (Wildman–Crippen LogP) is 3.57. The van der Waals surface area contributed by atoms with Gasteiger partial charge in [-0.2, -0.15) is 5.10 Å². The summed E-state index contributed by atoms with van der Waals surface area (Å²) < 4.78 is 12.8. The minimum atomic E-state index is -0.282. The van der Waals surface area contributed by atoms with Crippen molar-refractivity contribution in [1.82, 2.24) is 30.0 Å². The second kappa shape index (κ2) is 12.0. The Balaban J connectivity index is 1.27. The zero-order chi connectivity index (χ0) is 29.1. The number of methoxy groups -OCH3 is 1. The highest BCUT2D eigenvalue weighted by Gasteiger charge is 2.28. The number of hydrogen-bond donors (Lipinski definition) is 2. The Bertz CT molecular complexity index is 1560. The van der Waals surface area contributed by atoms with Crippen LogP contribution in [-0.2, 0) is 4.74 Å². The average Bonchev–Trinajstić information content (AvgIpc) is 3.49. The molecule has 3 amide bonds. The van der Waals surface area contributed by atoms with E-state index in [4.69, 9.17) is 24.5 Å². The van der Waals surface area contributed by atoms with Gasteiger partial charge in [0.1, 0.15) is 11.6 Å². The highest BCUT2D eigenvalue weighted by atomic mass is 16.5. The lowest BCUT2D eigenvalue weighted by molar-refractivity contribution is 0.0691. The first-order valence-corrected chi connectivity index (χ1v) is 14.1. The molecule has 0 spiro atoms. The van der Waals surface area contributed by atoms with E-state index in [0.717, 1.165) is 54.1 Å². The summed E-state index contributed by atoms with van der Waals surface area (Å²) in [6.45, 7) is 4.00. The second-order valence-corrected chi connectivity index (χ2v) is 10.3. The highest BCUT2D eigenvalue weighted by Crippen LogP contribution is 2.32. The number of nitrogens with zero attached hydrogens (tertiary/aromatic N) is 6. The molecule has 0 saturated carbocycles. The maximum Gasteiger partial charge on any atom is 0.318 e. The molecule has 4 heterocycles. The summed E-state index contributed by atoms with van der Waals surface area (Å²) in [4.78, 5) is 39.0. The van der Waals surface area contributed by atoms with E-state index >= 15 is 0 Å². The SMILES string of the molecule is CNC(=O)Nc1ccc(-c2nc(N3CCOCC3)c3cnn(C4CCN(C(=O)c5ccc(OC)cc5)CC4)c3n2)cc1. The van der Waals surface area contributed by atoms with Crippen LogP contribution in [0.1, 0.15) is 29.2 Å². The third-order valence-electron chi connectivity index (χ3n) is 7.81. The number of rotatable bonds is 6. The van der Waals surface area contributed by atoms with Crippen LogP contribution in [-0.4, -0.2) is 90.1 Å². The van der Waals surface area contributed by atoms with E-state index in [1.54, 1.807) is 26.3 Å². The Labute approximate surface area is 243 Å². The van der Waals surface area contributed by atoms with Gasteiger partial charge in [0.05, 0.1) is 37.9 Å². The number of piperidine rings is 1. The molecule has 2 fully saturated rings. The molecule has 42 heavy (non-hydrogen) atoms. The quantitative estimate of drug-likeness (QED) is 0.360. The number of ether oxygens (including phenoxy) is 2. The fourth-order valence-electron chi connectivity index (χ4n) is 5.45. The van der Waals surface area contributed by atoms with Crippen LogP contribution in [0.2, 0.25) is 0 Å². The summed E-state index contributed by atoms with van der Waals surface area (Å²) in [6, 6.07) is 14.5. The molecule has 2 aromatic carbocycles. The molecule has 218 valence electrons. The Kier molecular flexibility index (Phi) is 7.87. The van der Waals surface area contributed by atoms with E-state index < -0.39 is 0 Å². The van der Waals surface area contributed by atoms with E-state index in [1.807, 2.05) is 52.2 Å². The molecule has 0 unspecified atom stereocenters. The van der Waals surface area contributed by atoms with Crippen LogP contribution >= 0.6 is 0 Å². The fraction of sp³-hybridized carbons (Fsp3) is 0.367. The Morgan fingerprint density at radius 3 is 2.33 bits per heavy atom. The molecule has 0 bridgehead atoms.